The Bertz CT molecular complexity index is 1420. The molecule has 7 nitrogen and oxygen atoms in total. The van der Waals surface area contributed by atoms with Crippen molar-refractivity contribution in [2.75, 3.05) is 9.62 Å². The van der Waals surface area contributed by atoms with Crippen LogP contribution in [0.1, 0.15) is 13.8 Å². The number of carbonyl (C=O) groups excluding carboxylic acids is 1. The number of ketones is 1. The van der Waals surface area contributed by atoms with E-state index in [1.54, 1.807) is 18.6 Å². The van der Waals surface area contributed by atoms with Gasteiger partial charge < -0.3 is 19.7 Å². The fraction of sp³-hybridized carbons (Fsp3) is 0.0625. The summed E-state index contributed by atoms with van der Waals surface area (Å²) in [6.45, 7) is 2.85. The van der Waals surface area contributed by atoms with E-state index in [1.807, 2.05) is 98.5 Å². The molecule has 1 N–H and O–H groups in total. The Morgan fingerprint density at radius 3 is 1.63 bits per heavy atom. The largest absolute Gasteiger partial charge is 0.512 e. The molecule has 0 bridgehead atoms. The van der Waals surface area contributed by atoms with Crippen LogP contribution in [-0.4, -0.2) is 33.4 Å². The average molecular weight is 718 g/mol. The maximum absolute atomic E-state index is 10.0. The summed E-state index contributed by atoms with van der Waals surface area (Å²) in [5.41, 5.74) is 4.21. The van der Waals surface area contributed by atoms with Gasteiger partial charge in [-0.2, -0.15) is 0 Å². The van der Waals surface area contributed by atoms with Gasteiger partial charge in [-0.25, -0.2) is 9.97 Å². The number of nitrogens with zero attached hydrogens (tertiary/aromatic N) is 5. The number of carbonyl (C=O) groups is 1. The number of aromatic nitrogens is 3. The van der Waals surface area contributed by atoms with E-state index in [0.29, 0.717) is 0 Å². The predicted molar refractivity (Wildman–Crippen MR) is 161 cm³/mol. The third-order valence-electron chi connectivity index (χ3n) is 5.49. The van der Waals surface area contributed by atoms with Crippen LogP contribution in [0.3, 0.4) is 0 Å². The Balaban J connectivity index is 0.000000196. The van der Waals surface area contributed by atoms with E-state index in [9.17, 15) is 4.79 Å². The van der Waals surface area contributed by atoms with Gasteiger partial charge in [0, 0.05) is 44.8 Å². The van der Waals surface area contributed by atoms with Gasteiger partial charge in [0.05, 0.1) is 17.1 Å². The summed E-state index contributed by atoms with van der Waals surface area (Å²) in [5, 5.41) is 8.36. The molecule has 9 heteroatoms. The number of hydrogen-bond donors (Lipinski definition) is 1. The van der Waals surface area contributed by atoms with E-state index in [2.05, 4.69) is 42.8 Å². The van der Waals surface area contributed by atoms with Gasteiger partial charge >= 0.3 is 7.55 Å². The van der Waals surface area contributed by atoms with E-state index in [4.69, 9.17) is 5.11 Å². The Morgan fingerprint density at radius 2 is 1.24 bits per heavy atom. The molecule has 0 amide bonds. The van der Waals surface area contributed by atoms with Crippen molar-refractivity contribution in [3.05, 3.63) is 140 Å². The fourth-order valence-corrected chi connectivity index (χ4v) is 3.84. The van der Waals surface area contributed by atoms with Crippen molar-refractivity contribution in [2.45, 2.75) is 13.8 Å². The number of aliphatic hydroxyl groups is 1. The summed E-state index contributed by atoms with van der Waals surface area (Å²) in [6, 6.07) is 36.9. The molecule has 0 aliphatic carbocycles. The fourth-order valence-electron chi connectivity index (χ4n) is 3.84. The SMILES string of the molecule is CC(=O)C=C(C)O.[B]1N(c2ccccn2)c2ccccc2N1c1ccccn1.[Ir].[c-]1ccccc1-c1ccccn1. The number of fused-ring (bicyclic) bond motifs is 1. The molecule has 5 aromatic rings. The van der Waals surface area contributed by atoms with Crippen molar-refractivity contribution >= 4 is 36.3 Å². The van der Waals surface area contributed by atoms with Crippen LogP contribution in [0.25, 0.3) is 11.3 Å². The summed E-state index contributed by atoms with van der Waals surface area (Å²) >= 11 is 0. The molecule has 0 atom stereocenters. The summed E-state index contributed by atoms with van der Waals surface area (Å²) in [7, 11) is 2.02. The monoisotopic (exact) mass is 718 g/mol. The summed E-state index contributed by atoms with van der Waals surface area (Å²) in [4.78, 5) is 27.3. The number of aliphatic hydroxyl groups excluding tert-OH is 1. The van der Waals surface area contributed by atoms with E-state index in [-0.39, 0.29) is 31.6 Å². The zero-order valence-corrected chi connectivity index (χ0v) is 25.0. The first-order chi connectivity index (χ1) is 19.5. The van der Waals surface area contributed by atoms with Crippen LogP contribution in [0.2, 0.25) is 0 Å². The number of hydrogen-bond acceptors (Lipinski definition) is 7. The normalized spacial score (nSPS) is 11.4. The maximum Gasteiger partial charge on any atom is 0.403 e. The zero-order valence-electron chi connectivity index (χ0n) is 22.6. The minimum atomic E-state index is -0.125. The number of anilines is 4. The number of rotatable bonds is 4. The third-order valence-corrected chi connectivity index (χ3v) is 5.49. The quantitative estimate of drug-likeness (QED) is 0.0940. The Kier molecular flexibility index (Phi) is 12.0. The Labute approximate surface area is 254 Å². The van der Waals surface area contributed by atoms with Crippen LogP contribution in [0.15, 0.2) is 134 Å². The van der Waals surface area contributed by atoms with Crippen molar-refractivity contribution in [1.82, 2.24) is 15.0 Å². The van der Waals surface area contributed by atoms with Crippen molar-refractivity contribution in [2.24, 2.45) is 0 Å². The first-order valence-corrected chi connectivity index (χ1v) is 12.6. The van der Waals surface area contributed by atoms with Gasteiger partial charge in [-0.05, 0) is 62.0 Å². The van der Waals surface area contributed by atoms with Crippen LogP contribution in [-0.2, 0) is 24.9 Å². The minimum Gasteiger partial charge on any atom is -0.512 e. The first kappa shape index (κ1) is 30.9. The zero-order chi connectivity index (χ0) is 28.2. The van der Waals surface area contributed by atoms with Gasteiger partial charge in [0.15, 0.2) is 5.78 Å². The van der Waals surface area contributed by atoms with Gasteiger partial charge in [0.25, 0.3) is 0 Å². The molecule has 4 heterocycles. The molecule has 6 rings (SSSR count). The molecule has 206 valence electrons. The van der Waals surface area contributed by atoms with Gasteiger partial charge in [0.1, 0.15) is 11.6 Å². The van der Waals surface area contributed by atoms with E-state index in [0.717, 1.165) is 34.3 Å². The second-order valence-electron chi connectivity index (χ2n) is 8.61. The summed E-state index contributed by atoms with van der Waals surface area (Å²) < 4.78 is 0. The molecule has 0 saturated carbocycles. The Hall–Kier alpha value is -4.59. The Morgan fingerprint density at radius 1 is 0.732 bits per heavy atom. The smallest absolute Gasteiger partial charge is 0.403 e. The number of pyridine rings is 3. The van der Waals surface area contributed by atoms with Crippen LogP contribution in [0.4, 0.5) is 23.0 Å². The van der Waals surface area contributed by atoms with E-state index in [1.165, 1.54) is 19.9 Å². The molecule has 0 saturated heterocycles. The van der Waals surface area contributed by atoms with E-state index < -0.39 is 0 Å². The van der Waals surface area contributed by atoms with Gasteiger partial charge in [0.2, 0.25) is 0 Å². The van der Waals surface area contributed by atoms with Crippen LogP contribution in [0.5, 0.6) is 0 Å². The van der Waals surface area contributed by atoms with Crippen LogP contribution < -0.4 is 9.62 Å². The second kappa shape index (κ2) is 15.9. The molecule has 0 fully saturated rings. The molecule has 3 aromatic heterocycles. The molecule has 2 radical (unpaired) electrons. The van der Waals surface area contributed by atoms with Crippen molar-refractivity contribution < 1.29 is 30.0 Å². The first-order valence-electron chi connectivity index (χ1n) is 12.6. The molecular formula is C32H28BIrN5O2-. The maximum atomic E-state index is 10.0. The molecule has 1 aliphatic rings. The predicted octanol–water partition coefficient (Wildman–Crippen LogP) is 6.88. The number of para-hydroxylation sites is 2. The molecule has 2 aromatic carbocycles. The molecule has 41 heavy (non-hydrogen) atoms. The van der Waals surface area contributed by atoms with Crippen molar-refractivity contribution in [3.63, 3.8) is 0 Å². The molecule has 1 aliphatic heterocycles. The van der Waals surface area contributed by atoms with Crippen LogP contribution in [0, 0.1) is 6.07 Å². The van der Waals surface area contributed by atoms with E-state index >= 15 is 0 Å². The van der Waals surface area contributed by atoms with Gasteiger partial charge in [-0.3, -0.25) is 4.79 Å². The van der Waals surface area contributed by atoms with Crippen molar-refractivity contribution in [1.29, 1.82) is 0 Å². The molecule has 0 unspecified atom stereocenters. The number of allylic oxidation sites excluding steroid dienone is 2. The second-order valence-corrected chi connectivity index (χ2v) is 8.61. The topological polar surface area (TPSA) is 82.5 Å². The minimum absolute atomic E-state index is 0. The number of benzene rings is 2. The standard InChI is InChI=1S/C16H12BN4.C11H8N.C5H8O2.Ir/c1-2-8-14-13(7-1)20(15-9-3-5-11-18-15)17-21(14)16-10-4-6-12-19-16;1-2-6-10(7-3-1)11-8-4-5-9-12-11;1-4(6)3-5(2)7;/h1-12H;1-6,8-9H;3,6H,1-2H3;/q;-1;;. The van der Waals surface area contributed by atoms with Gasteiger partial charge in [-0.1, -0.05) is 36.4 Å². The molecular weight excluding hydrogens is 689 g/mol. The van der Waals surface area contributed by atoms with Crippen molar-refractivity contribution in [3.8, 4) is 11.3 Å². The summed E-state index contributed by atoms with van der Waals surface area (Å²) in [5.74, 6) is 1.72. The third kappa shape index (κ3) is 8.96. The van der Waals surface area contributed by atoms with Crippen LogP contribution >= 0.6 is 0 Å². The van der Waals surface area contributed by atoms with Gasteiger partial charge in [-0.15, -0.1) is 35.9 Å². The average Bonchev–Trinajstić information content (AvgIpc) is 3.39. The molecule has 0 spiro atoms. The summed E-state index contributed by atoms with van der Waals surface area (Å²) in [6.07, 6.45) is 6.56.